The standard InChI is InChI=1S/C36H54N3O6P3S12/c1-25-7-49-19-31(55-13-25)40-46(41-32-20-50-8-26(2)14-56-32)37-47(42-33-21-51-9-27(3)15-57-33,43-34-22-52-10-28(4)16-58-34)39-48(38-46,44-35-23-53-11-29(5)17-59-35)45-36-24-54-12-30(6)18-60-36/h31-36H,1-24H2. The molecule has 7 rings (SSSR count). The second-order valence-corrected chi connectivity index (χ2v) is 33.8. The quantitative estimate of drug-likeness (QED) is 0.137. The first-order valence-electron chi connectivity index (χ1n) is 19.1. The van der Waals surface area contributed by atoms with Crippen molar-refractivity contribution in [3.63, 3.8) is 0 Å². The van der Waals surface area contributed by atoms with Crippen molar-refractivity contribution in [2.75, 3.05) is 104 Å². The Kier molecular flexibility index (Phi) is 21.3. The van der Waals surface area contributed by atoms with E-state index in [2.05, 4.69) is 39.5 Å². The predicted octanol–water partition coefficient (Wildman–Crippen LogP) is 14.1. The van der Waals surface area contributed by atoms with Crippen molar-refractivity contribution in [3.8, 4) is 0 Å². The highest BCUT2D eigenvalue weighted by Gasteiger charge is 2.50. The molecule has 60 heavy (non-hydrogen) atoms. The Bertz CT molecular complexity index is 1490. The summed E-state index contributed by atoms with van der Waals surface area (Å²) in [6.45, 7) is 26.0. The highest BCUT2D eigenvalue weighted by molar-refractivity contribution is 8.07. The molecule has 6 saturated heterocycles. The highest BCUT2D eigenvalue weighted by atomic mass is 32.2. The van der Waals surface area contributed by atoms with Gasteiger partial charge in [-0.25, -0.2) is 0 Å². The molecule has 9 nitrogen and oxygen atoms in total. The largest absolute Gasteiger partial charge is 0.351 e. The van der Waals surface area contributed by atoms with E-state index in [1.54, 1.807) is 70.6 Å². The smallest absolute Gasteiger partial charge is 0.291 e. The SMILES string of the molecule is C=C1CSCC(OP2(OC3CSCC(=C)CS3)=NP(OC3CSCC(=C)CS3)(OC3CSCC(=C)CS3)=NP(OC3CSCC(=C)CS3)(OC3CSCC(=C)CS3)=N2)SC1. The third-order valence-corrected chi connectivity index (χ3v) is 33.3. The van der Waals surface area contributed by atoms with Crippen molar-refractivity contribution in [1.29, 1.82) is 0 Å². The van der Waals surface area contributed by atoms with Gasteiger partial charge in [0.1, 0.15) is 32.6 Å². The van der Waals surface area contributed by atoms with Crippen molar-refractivity contribution in [1.82, 2.24) is 0 Å². The van der Waals surface area contributed by atoms with Gasteiger partial charge in [0.25, 0.3) is 0 Å². The normalized spacial score (nSPS) is 38.2. The van der Waals surface area contributed by atoms with Crippen LogP contribution in [0.2, 0.25) is 0 Å². The molecule has 7 heterocycles. The predicted molar refractivity (Wildman–Crippen MR) is 291 cm³/mol. The van der Waals surface area contributed by atoms with Gasteiger partial charge < -0.3 is 0 Å². The van der Waals surface area contributed by atoms with Crippen LogP contribution in [0, 0.1) is 0 Å². The third-order valence-electron chi connectivity index (χ3n) is 8.41. The van der Waals surface area contributed by atoms with Gasteiger partial charge in [0.05, 0.1) is 0 Å². The summed E-state index contributed by atoms with van der Waals surface area (Å²) in [5, 5.41) is 0. The zero-order valence-electron chi connectivity index (χ0n) is 33.5. The Morgan fingerprint density at radius 3 is 0.633 bits per heavy atom. The van der Waals surface area contributed by atoms with E-state index >= 15 is 0 Å². The lowest BCUT2D eigenvalue weighted by molar-refractivity contribution is 0.209. The minimum atomic E-state index is -3.72. The lowest BCUT2D eigenvalue weighted by Gasteiger charge is -2.38. The van der Waals surface area contributed by atoms with E-state index in [4.69, 9.17) is 40.7 Å². The summed E-state index contributed by atoms with van der Waals surface area (Å²) < 4.78 is 61.7. The number of nitrogens with zero attached hydrogens (tertiary/aromatic N) is 3. The van der Waals surface area contributed by atoms with Crippen LogP contribution >= 0.6 is 164 Å². The van der Waals surface area contributed by atoms with Gasteiger partial charge in [-0.1, -0.05) is 72.9 Å². The van der Waals surface area contributed by atoms with E-state index in [-0.39, 0.29) is 32.6 Å². The average Bonchev–Trinajstić information content (AvgIpc) is 3.82. The molecule has 0 bridgehead atoms. The maximum atomic E-state index is 7.44. The van der Waals surface area contributed by atoms with Crippen LogP contribution in [-0.2, 0) is 27.1 Å². The molecule has 0 aliphatic carbocycles. The zero-order chi connectivity index (χ0) is 42.0. The number of hydrogen-bond donors (Lipinski definition) is 0. The molecular formula is C36H54N3O6P3S12. The van der Waals surface area contributed by atoms with Crippen LogP contribution in [0.15, 0.2) is 86.5 Å². The van der Waals surface area contributed by atoms with Gasteiger partial charge >= 0.3 is 23.0 Å². The van der Waals surface area contributed by atoms with Crippen molar-refractivity contribution in [2.24, 2.45) is 13.5 Å². The summed E-state index contributed by atoms with van der Waals surface area (Å²) >= 11 is 21.3. The van der Waals surface area contributed by atoms with E-state index in [1.807, 2.05) is 70.6 Å². The van der Waals surface area contributed by atoms with Crippen molar-refractivity contribution < 1.29 is 27.1 Å². The van der Waals surface area contributed by atoms with Gasteiger partial charge in [-0.2, -0.15) is 70.6 Å². The van der Waals surface area contributed by atoms with Crippen LogP contribution in [0.4, 0.5) is 0 Å². The minimum absolute atomic E-state index is 0.287. The van der Waals surface area contributed by atoms with Crippen LogP contribution in [0.1, 0.15) is 0 Å². The molecule has 0 N–H and O–H groups in total. The van der Waals surface area contributed by atoms with E-state index in [1.165, 1.54) is 33.4 Å². The molecule has 0 saturated carbocycles. The molecule has 0 aromatic rings. The van der Waals surface area contributed by atoms with E-state index in [0.717, 1.165) is 104 Å². The van der Waals surface area contributed by atoms with Crippen LogP contribution in [0.5, 0.6) is 0 Å². The first-order valence-corrected chi connectivity index (χ1v) is 36.9. The fourth-order valence-electron chi connectivity index (χ4n) is 5.69. The molecule has 6 fully saturated rings. The van der Waals surface area contributed by atoms with E-state index < -0.39 is 23.0 Å². The van der Waals surface area contributed by atoms with Gasteiger partial charge in [-0.05, 0) is 0 Å². The monoisotopic (exact) mass is 1100 g/mol. The zero-order valence-corrected chi connectivity index (χ0v) is 45.9. The number of hydrogen-bond acceptors (Lipinski definition) is 21. The molecule has 0 aromatic heterocycles. The lowest BCUT2D eigenvalue weighted by atomic mass is 10.4. The average molecular weight is 1100 g/mol. The lowest BCUT2D eigenvalue weighted by Crippen LogP contribution is -2.21. The Balaban J connectivity index is 1.44. The Labute approximate surface area is 409 Å². The van der Waals surface area contributed by atoms with Gasteiger partial charge in [0.15, 0.2) is 0 Å². The molecule has 336 valence electrons. The molecular weight excluding hydrogens is 1050 g/mol. The summed E-state index contributed by atoms with van der Waals surface area (Å²) in [5.74, 6) is 14.2. The highest BCUT2D eigenvalue weighted by Crippen LogP contribution is 2.83. The molecule has 6 unspecified atom stereocenters. The molecule has 0 radical (unpaired) electrons. The first-order chi connectivity index (χ1) is 29.0. The molecule has 24 heteroatoms. The molecule has 0 amide bonds. The fourth-order valence-corrected chi connectivity index (χ4v) is 31.6. The summed E-state index contributed by atoms with van der Waals surface area (Å²) in [7, 11) is -11.2. The van der Waals surface area contributed by atoms with E-state index in [0.29, 0.717) is 0 Å². The van der Waals surface area contributed by atoms with Crippen LogP contribution < -0.4 is 0 Å². The third kappa shape index (κ3) is 16.1. The molecule has 7 aliphatic rings. The van der Waals surface area contributed by atoms with Crippen LogP contribution in [0.3, 0.4) is 0 Å². The second kappa shape index (κ2) is 25.1. The number of rotatable bonds is 12. The van der Waals surface area contributed by atoms with Gasteiger partial charge in [-0.3, -0.25) is 27.1 Å². The Hall–Kier alpha value is 3.09. The van der Waals surface area contributed by atoms with Gasteiger partial charge in [-0.15, -0.1) is 84.1 Å². The molecule has 0 aromatic carbocycles. The molecule has 7 aliphatic heterocycles. The van der Waals surface area contributed by atoms with Crippen LogP contribution in [-0.4, -0.2) is 136 Å². The maximum absolute atomic E-state index is 7.44. The van der Waals surface area contributed by atoms with Gasteiger partial charge in [0, 0.05) is 104 Å². The second-order valence-electron chi connectivity index (χ2n) is 14.4. The van der Waals surface area contributed by atoms with Gasteiger partial charge in [0.2, 0.25) is 0 Å². The summed E-state index contributed by atoms with van der Waals surface area (Å²) in [6, 6.07) is 0. The first kappa shape index (κ1) is 51.0. The van der Waals surface area contributed by atoms with Crippen molar-refractivity contribution in [3.05, 3.63) is 72.9 Å². The molecule has 0 spiro atoms. The topological polar surface area (TPSA) is 92.5 Å². The number of thioether (sulfide) groups is 12. The Morgan fingerprint density at radius 2 is 0.467 bits per heavy atom. The van der Waals surface area contributed by atoms with Crippen molar-refractivity contribution in [2.45, 2.75) is 32.6 Å². The maximum Gasteiger partial charge on any atom is 0.351 e. The van der Waals surface area contributed by atoms with Crippen molar-refractivity contribution >= 4 is 164 Å². The van der Waals surface area contributed by atoms with Crippen LogP contribution in [0.25, 0.3) is 0 Å². The molecule has 6 atom stereocenters. The summed E-state index contributed by atoms with van der Waals surface area (Å²) in [5.41, 5.74) is 5.34. The minimum Gasteiger partial charge on any atom is -0.291 e. The summed E-state index contributed by atoms with van der Waals surface area (Å²) in [6.07, 6.45) is 0. The Morgan fingerprint density at radius 1 is 0.300 bits per heavy atom. The van der Waals surface area contributed by atoms with E-state index in [9.17, 15) is 0 Å². The fraction of sp³-hybridized carbons (Fsp3) is 0.667. The summed E-state index contributed by atoms with van der Waals surface area (Å²) in [4.78, 5) is 0.